The molecule has 0 atom stereocenters. The molecule has 2 amide bonds. The van der Waals surface area contributed by atoms with Crippen LogP contribution in [-0.2, 0) is 6.54 Å². The van der Waals surface area contributed by atoms with Gasteiger partial charge in [0.2, 0.25) is 0 Å². The number of nitrogens with one attached hydrogen (secondary N) is 1. The number of hydrogen-bond acceptors (Lipinski definition) is 4. The van der Waals surface area contributed by atoms with Crippen molar-refractivity contribution in [2.75, 3.05) is 18.4 Å². The molecular formula is C25H28N4O2. The second kappa shape index (κ2) is 10.00. The van der Waals surface area contributed by atoms with E-state index in [0.29, 0.717) is 36.4 Å². The summed E-state index contributed by atoms with van der Waals surface area (Å²) in [5.74, 6) is -0.279. The van der Waals surface area contributed by atoms with Gasteiger partial charge in [-0.2, -0.15) is 0 Å². The van der Waals surface area contributed by atoms with Crippen LogP contribution in [0.4, 0.5) is 5.69 Å². The Bertz CT molecular complexity index is 1020. The summed E-state index contributed by atoms with van der Waals surface area (Å²) in [6.45, 7) is 5.48. The largest absolute Gasteiger partial charge is 0.334 e. The number of amides is 2. The zero-order chi connectivity index (χ0) is 22.3. The Morgan fingerprint density at radius 1 is 1.00 bits per heavy atom. The van der Waals surface area contributed by atoms with Crippen LogP contribution in [0.2, 0.25) is 0 Å². The molecule has 0 unspecified atom stereocenters. The minimum Gasteiger partial charge on any atom is -0.334 e. The van der Waals surface area contributed by atoms with Crippen molar-refractivity contribution in [1.82, 2.24) is 9.88 Å². The monoisotopic (exact) mass is 416 g/mol. The fourth-order valence-electron chi connectivity index (χ4n) is 3.21. The van der Waals surface area contributed by atoms with Crippen LogP contribution in [0.25, 0.3) is 0 Å². The number of nitrogens with two attached hydrogens (primary N) is 1. The molecule has 3 rings (SSSR count). The van der Waals surface area contributed by atoms with E-state index >= 15 is 0 Å². The van der Waals surface area contributed by atoms with E-state index in [1.54, 1.807) is 18.3 Å². The SMILES string of the molecule is CC(C)(CN)CN(Cc1cccc(NC(=O)c2cccnc2)c1)C(=O)c1ccccc1. The van der Waals surface area contributed by atoms with Gasteiger partial charge in [-0.1, -0.05) is 44.2 Å². The molecule has 160 valence electrons. The fourth-order valence-corrected chi connectivity index (χ4v) is 3.21. The van der Waals surface area contributed by atoms with Crippen molar-refractivity contribution in [3.63, 3.8) is 0 Å². The number of carbonyl (C=O) groups excluding carboxylic acids is 2. The molecule has 0 aliphatic heterocycles. The predicted octanol–water partition coefficient (Wildman–Crippen LogP) is 3.96. The molecule has 0 radical (unpaired) electrons. The Hall–Kier alpha value is -3.51. The Morgan fingerprint density at radius 3 is 2.42 bits per heavy atom. The molecule has 0 saturated heterocycles. The standard InChI is InChI=1S/C25H28N4O2/c1-25(2,17-26)18-29(24(31)20-9-4-3-5-10-20)16-19-8-6-12-22(14-19)28-23(30)21-11-7-13-27-15-21/h3-15H,16-18,26H2,1-2H3,(H,28,30). The maximum absolute atomic E-state index is 13.2. The highest BCUT2D eigenvalue weighted by Crippen LogP contribution is 2.21. The first kappa shape index (κ1) is 22.2. The van der Waals surface area contributed by atoms with Gasteiger partial charge in [0.15, 0.2) is 0 Å². The van der Waals surface area contributed by atoms with Crippen molar-refractivity contribution in [3.05, 3.63) is 95.8 Å². The van der Waals surface area contributed by atoms with Crippen LogP contribution in [-0.4, -0.2) is 34.8 Å². The van der Waals surface area contributed by atoms with Crippen molar-refractivity contribution >= 4 is 17.5 Å². The van der Waals surface area contributed by atoms with E-state index in [-0.39, 0.29) is 17.2 Å². The van der Waals surface area contributed by atoms with Crippen LogP contribution in [0.15, 0.2) is 79.1 Å². The van der Waals surface area contributed by atoms with Crippen LogP contribution < -0.4 is 11.1 Å². The average molecular weight is 417 g/mol. The third kappa shape index (κ3) is 6.23. The van der Waals surface area contributed by atoms with Crippen LogP contribution in [0, 0.1) is 5.41 Å². The second-order valence-corrected chi connectivity index (χ2v) is 8.29. The normalized spacial score (nSPS) is 11.1. The van der Waals surface area contributed by atoms with Gasteiger partial charge in [-0.15, -0.1) is 0 Å². The van der Waals surface area contributed by atoms with Crippen LogP contribution in [0.3, 0.4) is 0 Å². The Morgan fingerprint density at radius 2 is 1.74 bits per heavy atom. The van der Waals surface area contributed by atoms with Crippen LogP contribution in [0.1, 0.15) is 40.1 Å². The first-order chi connectivity index (χ1) is 14.9. The molecule has 0 fully saturated rings. The lowest BCUT2D eigenvalue weighted by Gasteiger charge is -2.32. The zero-order valence-corrected chi connectivity index (χ0v) is 17.9. The Balaban J connectivity index is 1.80. The number of carbonyl (C=O) groups is 2. The molecule has 1 heterocycles. The van der Waals surface area contributed by atoms with Gasteiger partial charge in [-0.05, 0) is 53.9 Å². The van der Waals surface area contributed by atoms with Crippen molar-refractivity contribution in [3.8, 4) is 0 Å². The third-order valence-corrected chi connectivity index (χ3v) is 4.96. The first-order valence-electron chi connectivity index (χ1n) is 10.2. The molecule has 31 heavy (non-hydrogen) atoms. The van der Waals surface area contributed by atoms with Crippen LogP contribution in [0.5, 0.6) is 0 Å². The Labute approximate surface area is 183 Å². The minimum absolute atomic E-state index is 0.0491. The second-order valence-electron chi connectivity index (χ2n) is 8.29. The average Bonchev–Trinajstić information content (AvgIpc) is 2.79. The minimum atomic E-state index is -0.230. The van der Waals surface area contributed by atoms with Crippen molar-refractivity contribution in [2.24, 2.45) is 11.1 Å². The molecule has 1 aromatic heterocycles. The van der Waals surface area contributed by atoms with E-state index in [1.165, 1.54) is 6.20 Å². The molecule has 3 aromatic rings. The number of pyridine rings is 1. The summed E-state index contributed by atoms with van der Waals surface area (Å²) in [5, 5.41) is 2.89. The lowest BCUT2D eigenvalue weighted by atomic mass is 9.92. The topological polar surface area (TPSA) is 88.3 Å². The van der Waals surface area contributed by atoms with Gasteiger partial charge in [0, 0.05) is 36.7 Å². The van der Waals surface area contributed by atoms with Gasteiger partial charge in [0.25, 0.3) is 11.8 Å². The van der Waals surface area contributed by atoms with E-state index in [9.17, 15) is 9.59 Å². The number of nitrogens with zero attached hydrogens (tertiary/aromatic N) is 2. The highest BCUT2D eigenvalue weighted by atomic mass is 16.2. The van der Waals surface area contributed by atoms with Crippen molar-refractivity contribution < 1.29 is 9.59 Å². The highest BCUT2D eigenvalue weighted by Gasteiger charge is 2.25. The predicted molar refractivity (Wildman–Crippen MR) is 123 cm³/mol. The van der Waals surface area contributed by atoms with E-state index in [4.69, 9.17) is 5.73 Å². The molecule has 0 saturated carbocycles. The first-order valence-corrected chi connectivity index (χ1v) is 10.2. The molecule has 6 nitrogen and oxygen atoms in total. The maximum Gasteiger partial charge on any atom is 0.257 e. The molecular weight excluding hydrogens is 388 g/mol. The lowest BCUT2D eigenvalue weighted by Crippen LogP contribution is -2.41. The van der Waals surface area contributed by atoms with Gasteiger partial charge in [0.05, 0.1) is 5.56 Å². The summed E-state index contributed by atoms with van der Waals surface area (Å²) in [6.07, 6.45) is 3.15. The molecule has 0 aliphatic carbocycles. The number of benzene rings is 2. The van der Waals surface area contributed by atoms with E-state index in [0.717, 1.165) is 5.56 Å². The lowest BCUT2D eigenvalue weighted by molar-refractivity contribution is 0.0673. The van der Waals surface area contributed by atoms with Gasteiger partial charge in [-0.3, -0.25) is 14.6 Å². The fraction of sp³-hybridized carbons (Fsp3) is 0.240. The van der Waals surface area contributed by atoms with E-state index in [1.807, 2.05) is 73.3 Å². The summed E-state index contributed by atoms with van der Waals surface area (Å²) in [6, 6.07) is 20.2. The molecule has 2 aromatic carbocycles. The quantitative estimate of drug-likeness (QED) is 0.582. The third-order valence-electron chi connectivity index (χ3n) is 4.96. The van der Waals surface area contributed by atoms with Gasteiger partial charge < -0.3 is 16.0 Å². The summed E-state index contributed by atoms with van der Waals surface area (Å²) < 4.78 is 0. The van der Waals surface area contributed by atoms with Crippen LogP contribution >= 0.6 is 0 Å². The highest BCUT2D eigenvalue weighted by molar-refractivity contribution is 6.04. The molecule has 0 bridgehead atoms. The summed E-state index contributed by atoms with van der Waals surface area (Å²) in [7, 11) is 0. The summed E-state index contributed by atoms with van der Waals surface area (Å²) in [4.78, 5) is 31.4. The smallest absolute Gasteiger partial charge is 0.257 e. The Kier molecular flexibility index (Phi) is 7.15. The number of rotatable bonds is 8. The molecule has 0 aliphatic rings. The number of hydrogen-bond donors (Lipinski definition) is 2. The number of anilines is 1. The van der Waals surface area contributed by atoms with Crippen molar-refractivity contribution in [1.29, 1.82) is 0 Å². The van der Waals surface area contributed by atoms with Gasteiger partial charge in [0.1, 0.15) is 0 Å². The van der Waals surface area contributed by atoms with E-state index < -0.39 is 0 Å². The molecule has 3 N–H and O–H groups in total. The number of aromatic nitrogens is 1. The van der Waals surface area contributed by atoms with Gasteiger partial charge in [-0.25, -0.2) is 0 Å². The molecule has 6 heteroatoms. The summed E-state index contributed by atoms with van der Waals surface area (Å²) in [5.41, 5.74) is 8.41. The summed E-state index contributed by atoms with van der Waals surface area (Å²) >= 11 is 0. The zero-order valence-electron chi connectivity index (χ0n) is 17.9. The van der Waals surface area contributed by atoms with E-state index in [2.05, 4.69) is 10.3 Å². The molecule has 0 spiro atoms. The van der Waals surface area contributed by atoms with Crippen molar-refractivity contribution in [2.45, 2.75) is 20.4 Å². The van der Waals surface area contributed by atoms with Gasteiger partial charge >= 0.3 is 0 Å². The maximum atomic E-state index is 13.2.